The van der Waals surface area contributed by atoms with Gasteiger partial charge in [0.1, 0.15) is 0 Å². The van der Waals surface area contributed by atoms with Crippen molar-refractivity contribution in [2.75, 3.05) is 0 Å². The van der Waals surface area contributed by atoms with E-state index in [4.69, 9.17) is 0 Å². The Labute approximate surface area is 476 Å². The van der Waals surface area contributed by atoms with Crippen LogP contribution in [0.25, 0.3) is 175 Å². The highest BCUT2D eigenvalue weighted by Gasteiger charge is 2.27. The van der Waals surface area contributed by atoms with Crippen LogP contribution in [0.2, 0.25) is 0 Å². The second-order valence-corrected chi connectivity index (χ2v) is 22.8. The van der Waals surface area contributed by atoms with Crippen LogP contribution in [0.1, 0.15) is 11.1 Å². The van der Waals surface area contributed by atoms with Gasteiger partial charge in [0.15, 0.2) is 0 Å². The molecule has 0 N–H and O–H groups in total. The summed E-state index contributed by atoms with van der Waals surface area (Å²) in [6, 6.07) is 107. The quantitative estimate of drug-likeness (QED) is 0.142. The summed E-state index contributed by atoms with van der Waals surface area (Å²) in [5.74, 6) is 0. The molecule has 0 atom stereocenters. The molecule has 1 aliphatic rings. The maximum Gasteiger partial charge on any atom is -0.00922 e. The summed E-state index contributed by atoms with van der Waals surface area (Å²) in [4.78, 5) is 0. The van der Waals surface area contributed by atoms with Crippen molar-refractivity contribution in [1.29, 1.82) is 0 Å². The Bertz CT molecular complexity index is 5370. The third kappa shape index (κ3) is 7.32. The van der Waals surface area contributed by atoms with Gasteiger partial charge < -0.3 is 0 Å². The summed E-state index contributed by atoms with van der Waals surface area (Å²) in [6.07, 6.45) is 0. The smallest absolute Gasteiger partial charge is 0.00922 e. The largest absolute Gasteiger partial charge is 0.0616 e. The molecule has 82 heavy (non-hydrogen) atoms. The minimum Gasteiger partial charge on any atom is -0.0616 e. The fourth-order valence-electron chi connectivity index (χ4n) is 13.9. The Hall–Kier alpha value is -10.4. The van der Waals surface area contributed by atoms with E-state index in [9.17, 15) is 0 Å². The van der Waals surface area contributed by atoms with E-state index in [2.05, 4.69) is 293 Å². The summed E-state index contributed by atoms with van der Waals surface area (Å²) in [7, 11) is 0. The van der Waals surface area contributed by atoms with Crippen LogP contribution in [0.4, 0.5) is 0 Å². The normalized spacial score (nSPS) is 12.0. The molecule has 0 amide bonds. The highest BCUT2D eigenvalue weighted by molar-refractivity contribution is 6.16. The van der Waals surface area contributed by atoms with Gasteiger partial charge in [0.05, 0.1) is 0 Å². The summed E-state index contributed by atoms with van der Waals surface area (Å²) < 4.78 is 0. The summed E-state index contributed by atoms with van der Waals surface area (Å²) in [5, 5.41) is 19.3. The molecule has 0 saturated carbocycles. The molecule has 0 aliphatic heterocycles. The van der Waals surface area contributed by atoms with Gasteiger partial charge in [0.25, 0.3) is 0 Å². The van der Waals surface area contributed by atoms with Gasteiger partial charge in [-0.15, -0.1) is 0 Å². The topological polar surface area (TPSA) is 0 Å². The van der Waals surface area contributed by atoms with E-state index in [1.165, 1.54) is 186 Å². The Morgan fingerprint density at radius 3 is 0.463 bits per heavy atom. The maximum absolute atomic E-state index is 2.54. The molecule has 380 valence electrons. The zero-order valence-corrected chi connectivity index (χ0v) is 45.6. The standard InChI is InChI=1S/C82H52/c1-49-31-32-65-47-81-79-45-63-29-14-13-27-61(63)43-77(79)75-41-59-25-10-9-23-57(59)39-73(75)71-37-55-21-6-5-19-53(55)35-69(71)67-33-51-17-3-4-18-52(51)34-68(67)70-36-54-20-7-8-22-56(54)38-72(70)74-40-58-24-11-12-26-60(58)42-76(74)78-44-62-28-15-16-30-64(62)46-80(78)82(81)48-66(65)50(49)2/h3-48H,1-2H3. The highest BCUT2D eigenvalue weighted by atomic mass is 14.3. The van der Waals surface area contributed by atoms with Crippen molar-refractivity contribution in [1.82, 2.24) is 0 Å². The van der Waals surface area contributed by atoms with Crippen molar-refractivity contribution in [2.24, 2.45) is 0 Å². The van der Waals surface area contributed by atoms with Crippen LogP contribution in [0.3, 0.4) is 0 Å². The average Bonchev–Trinajstić information content (AvgIpc) is 2.52. The fraction of sp³-hybridized carbons (Fsp3) is 0.0244. The van der Waals surface area contributed by atoms with Gasteiger partial charge in [0, 0.05) is 0 Å². The Morgan fingerprint density at radius 1 is 0.146 bits per heavy atom. The Kier molecular flexibility index (Phi) is 10.2. The third-order valence-electron chi connectivity index (χ3n) is 18.2. The molecule has 16 aromatic carbocycles. The number of hydrogen-bond acceptors (Lipinski definition) is 0. The molecular weight excluding hydrogens is 985 g/mol. The van der Waals surface area contributed by atoms with Crippen molar-refractivity contribution in [2.45, 2.75) is 13.8 Å². The van der Waals surface area contributed by atoms with Crippen molar-refractivity contribution in [3.8, 4) is 89.0 Å². The van der Waals surface area contributed by atoms with Crippen LogP contribution < -0.4 is 0 Å². The number of hydrogen-bond donors (Lipinski definition) is 0. The first kappa shape index (κ1) is 46.5. The zero-order valence-electron chi connectivity index (χ0n) is 45.6. The number of rotatable bonds is 0. The van der Waals surface area contributed by atoms with Crippen LogP contribution in [-0.2, 0) is 0 Å². The van der Waals surface area contributed by atoms with Gasteiger partial charge in [-0.3, -0.25) is 0 Å². The van der Waals surface area contributed by atoms with E-state index in [1.54, 1.807) is 0 Å². The van der Waals surface area contributed by atoms with Crippen molar-refractivity contribution < 1.29 is 0 Å². The van der Waals surface area contributed by atoms with E-state index >= 15 is 0 Å². The van der Waals surface area contributed by atoms with Crippen molar-refractivity contribution >= 4 is 86.2 Å². The molecule has 17 rings (SSSR count). The van der Waals surface area contributed by atoms with Crippen molar-refractivity contribution in [3.63, 3.8) is 0 Å². The molecule has 0 radical (unpaired) electrons. The van der Waals surface area contributed by atoms with Gasteiger partial charge in [-0.05, 0) is 297 Å². The van der Waals surface area contributed by atoms with Crippen LogP contribution in [0, 0.1) is 13.8 Å². The molecule has 0 saturated heterocycles. The van der Waals surface area contributed by atoms with Crippen LogP contribution in [-0.4, -0.2) is 0 Å². The fourth-order valence-corrected chi connectivity index (χ4v) is 13.9. The lowest BCUT2D eigenvalue weighted by Gasteiger charge is -2.25. The molecule has 0 heterocycles. The lowest BCUT2D eigenvalue weighted by molar-refractivity contribution is 1.38. The summed E-state index contributed by atoms with van der Waals surface area (Å²) in [5.41, 5.74) is 21.7. The molecule has 0 heteroatoms. The predicted molar refractivity (Wildman–Crippen MR) is 353 cm³/mol. The molecule has 0 nitrogen and oxygen atoms in total. The van der Waals surface area contributed by atoms with E-state index in [-0.39, 0.29) is 0 Å². The maximum atomic E-state index is 2.54. The molecule has 0 fully saturated rings. The third-order valence-corrected chi connectivity index (χ3v) is 18.2. The van der Waals surface area contributed by atoms with E-state index in [0.29, 0.717) is 0 Å². The first-order chi connectivity index (χ1) is 40.4. The lowest BCUT2D eigenvalue weighted by atomic mass is 9.78. The zero-order chi connectivity index (χ0) is 54.2. The molecule has 0 unspecified atom stereocenters. The highest BCUT2D eigenvalue weighted by Crippen LogP contribution is 2.54. The van der Waals surface area contributed by atoms with E-state index in [0.717, 1.165) is 0 Å². The monoisotopic (exact) mass is 1040 g/mol. The average molecular weight is 1040 g/mol. The van der Waals surface area contributed by atoms with Crippen LogP contribution in [0.15, 0.2) is 279 Å². The predicted octanol–water partition coefficient (Wildman–Crippen LogP) is 23.2. The van der Waals surface area contributed by atoms with Crippen LogP contribution >= 0.6 is 0 Å². The SMILES string of the molecule is Cc1ccc2cc3c(cc2c1C)-c1cc2ccccc2cc1-c1cc2ccccc2cc1-c1cc2ccccc2cc1-c1cc2ccccc2cc1-c1cc2ccccc2cc1-c1cc2ccccc2cc1-c1cc2ccccc2cc1-3. The molecular formula is C82H52. The minimum absolute atomic E-state index is 1.19. The van der Waals surface area contributed by atoms with Crippen molar-refractivity contribution in [3.05, 3.63) is 290 Å². The molecule has 0 spiro atoms. The molecule has 1 aliphatic carbocycles. The summed E-state index contributed by atoms with van der Waals surface area (Å²) >= 11 is 0. The molecule has 16 aromatic rings. The number of aryl methyl sites for hydroxylation is 2. The second-order valence-electron chi connectivity index (χ2n) is 22.8. The van der Waals surface area contributed by atoms with Gasteiger partial charge in [0.2, 0.25) is 0 Å². The lowest BCUT2D eigenvalue weighted by Crippen LogP contribution is -1.99. The Balaban J connectivity index is 1.15. The van der Waals surface area contributed by atoms with Gasteiger partial charge in [-0.1, -0.05) is 182 Å². The number of fused-ring (bicyclic) bond motifs is 24. The van der Waals surface area contributed by atoms with E-state index in [1.807, 2.05) is 0 Å². The summed E-state index contributed by atoms with van der Waals surface area (Å²) in [6.45, 7) is 4.55. The van der Waals surface area contributed by atoms with Gasteiger partial charge in [-0.25, -0.2) is 0 Å². The Morgan fingerprint density at radius 2 is 0.293 bits per heavy atom. The minimum atomic E-state index is 1.19. The molecule has 0 bridgehead atoms. The first-order valence-corrected chi connectivity index (χ1v) is 28.7. The first-order valence-electron chi connectivity index (χ1n) is 28.7. The second kappa shape index (κ2) is 18.1. The number of benzene rings is 16. The van der Waals surface area contributed by atoms with Crippen LogP contribution in [0.5, 0.6) is 0 Å². The van der Waals surface area contributed by atoms with Gasteiger partial charge in [-0.2, -0.15) is 0 Å². The van der Waals surface area contributed by atoms with E-state index < -0.39 is 0 Å². The van der Waals surface area contributed by atoms with Gasteiger partial charge >= 0.3 is 0 Å². The molecule has 0 aromatic heterocycles.